The number of halogens is 1. The average molecular weight is 308 g/mol. The van der Waals surface area contributed by atoms with Crippen molar-refractivity contribution in [2.45, 2.75) is 13.0 Å². The van der Waals surface area contributed by atoms with Gasteiger partial charge in [-0.15, -0.1) is 0 Å². The van der Waals surface area contributed by atoms with Gasteiger partial charge in [0.15, 0.2) is 11.5 Å². The molecule has 0 saturated heterocycles. The van der Waals surface area contributed by atoms with Crippen LogP contribution >= 0.6 is 11.6 Å². The van der Waals surface area contributed by atoms with Crippen molar-refractivity contribution in [2.24, 2.45) is 0 Å². The summed E-state index contributed by atoms with van der Waals surface area (Å²) in [5, 5.41) is 10.9. The van der Waals surface area contributed by atoms with Gasteiger partial charge in [-0.05, 0) is 30.7 Å². The normalized spacial score (nSPS) is 14.0. The highest BCUT2D eigenvalue weighted by atomic mass is 35.5. The van der Waals surface area contributed by atoms with Crippen molar-refractivity contribution in [3.05, 3.63) is 46.7 Å². The summed E-state index contributed by atoms with van der Waals surface area (Å²) in [5.41, 5.74) is 1.23. The Hall–Kier alpha value is -1.98. The molecule has 0 radical (unpaired) electrons. The number of hydrogen-bond acceptors (Lipinski definition) is 5. The van der Waals surface area contributed by atoms with Crippen molar-refractivity contribution in [1.82, 2.24) is 4.98 Å². The number of aliphatic hydroxyl groups excluding tert-OH is 1. The Balaban J connectivity index is 1.93. The molecule has 0 saturated carbocycles. The molecule has 3 rings (SSSR count). The molecular weight excluding hydrogens is 294 g/mol. The van der Waals surface area contributed by atoms with Gasteiger partial charge in [-0.25, -0.2) is 0 Å². The Morgan fingerprint density at radius 2 is 2.14 bits per heavy atom. The molecule has 2 heterocycles. The lowest BCUT2D eigenvalue weighted by Crippen LogP contribution is -2.02. The maximum atomic E-state index is 10.5. The highest BCUT2D eigenvalue weighted by Crippen LogP contribution is 2.41. The summed E-state index contributed by atoms with van der Waals surface area (Å²) >= 11 is 6.13. The van der Waals surface area contributed by atoms with E-state index in [9.17, 15) is 5.11 Å². The monoisotopic (exact) mass is 307 g/mol. The van der Waals surface area contributed by atoms with E-state index in [1.807, 2.05) is 6.92 Å². The third kappa shape index (κ3) is 2.75. The van der Waals surface area contributed by atoms with Crippen molar-refractivity contribution < 1.29 is 19.3 Å². The molecule has 1 N–H and O–H groups in total. The predicted molar refractivity (Wildman–Crippen MR) is 77.0 cm³/mol. The van der Waals surface area contributed by atoms with Gasteiger partial charge in [-0.1, -0.05) is 11.6 Å². The fourth-order valence-corrected chi connectivity index (χ4v) is 2.44. The smallest absolute Gasteiger partial charge is 0.231 e. The Morgan fingerprint density at radius 3 is 2.95 bits per heavy atom. The Labute approximate surface area is 127 Å². The Morgan fingerprint density at radius 1 is 1.29 bits per heavy atom. The van der Waals surface area contributed by atoms with Crippen molar-refractivity contribution >= 4 is 11.6 Å². The second-order valence-corrected chi connectivity index (χ2v) is 4.93. The summed E-state index contributed by atoms with van der Waals surface area (Å²) < 4.78 is 15.9. The van der Waals surface area contributed by atoms with Crippen LogP contribution in [0.1, 0.15) is 24.2 Å². The molecule has 0 fully saturated rings. The minimum atomic E-state index is -0.870. The predicted octanol–water partition coefficient (Wildman–Crippen LogP) is 2.94. The summed E-state index contributed by atoms with van der Waals surface area (Å²) in [6, 6.07) is 5.12. The fraction of sp³-hybridized carbons (Fsp3) is 0.267. The van der Waals surface area contributed by atoms with E-state index < -0.39 is 6.10 Å². The van der Waals surface area contributed by atoms with E-state index in [0.717, 1.165) is 0 Å². The third-order valence-electron chi connectivity index (χ3n) is 3.13. The molecular formula is C15H14ClNO4. The molecule has 5 nitrogen and oxygen atoms in total. The van der Waals surface area contributed by atoms with E-state index in [1.165, 1.54) is 0 Å². The fourth-order valence-electron chi connectivity index (χ4n) is 2.17. The first-order valence-electron chi connectivity index (χ1n) is 6.54. The lowest BCUT2D eigenvalue weighted by Gasteiger charge is -2.13. The number of rotatable bonds is 4. The molecule has 1 aliphatic heterocycles. The van der Waals surface area contributed by atoms with Crippen molar-refractivity contribution in [3.8, 4) is 17.2 Å². The number of aliphatic hydroxyl groups is 1. The minimum absolute atomic E-state index is 0.135. The number of aromatic nitrogens is 1. The first kappa shape index (κ1) is 14.0. The number of benzene rings is 1. The lowest BCUT2D eigenvalue weighted by atomic mass is 10.0. The second kappa shape index (κ2) is 5.79. The van der Waals surface area contributed by atoms with Crippen LogP contribution in [0.4, 0.5) is 0 Å². The van der Waals surface area contributed by atoms with Crippen LogP contribution in [0, 0.1) is 0 Å². The van der Waals surface area contributed by atoms with Crippen molar-refractivity contribution in [1.29, 1.82) is 0 Å². The quantitative estimate of drug-likeness (QED) is 0.941. The maximum absolute atomic E-state index is 10.5. The third-order valence-corrected chi connectivity index (χ3v) is 3.41. The van der Waals surface area contributed by atoms with Crippen molar-refractivity contribution in [2.75, 3.05) is 13.4 Å². The summed E-state index contributed by atoms with van der Waals surface area (Å²) in [4.78, 5) is 4.07. The zero-order valence-electron chi connectivity index (χ0n) is 11.4. The summed E-state index contributed by atoms with van der Waals surface area (Å²) in [6.45, 7) is 2.56. The Bertz CT molecular complexity index is 662. The molecule has 1 atom stereocenters. The van der Waals surface area contributed by atoms with E-state index in [1.54, 1.807) is 30.6 Å². The van der Waals surface area contributed by atoms with E-state index >= 15 is 0 Å². The van der Waals surface area contributed by atoms with Gasteiger partial charge in [-0.3, -0.25) is 4.98 Å². The highest BCUT2D eigenvalue weighted by Gasteiger charge is 2.22. The molecule has 0 amide bonds. The highest BCUT2D eigenvalue weighted by molar-refractivity contribution is 6.32. The first-order chi connectivity index (χ1) is 10.2. The van der Waals surface area contributed by atoms with Crippen LogP contribution in [-0.4, -0.2) is 23.5 Å². The second-order valence-electron chi connectivity index (χ2n) is 4.53. The van der Waals surface area contributed by atoms with Gasteiger partial charge in [-0.2, -0.15) is 0 Å². The number of fused-ring (bicyclic) bond motifs is 1. The zero-order valence-corrected chi connectivity index (χ0v) is 12.1. The molecule has 1 unspecified atom stereocenters. The lowest BCUT2D eigenvalue weighted by molar-refractivity contribution is 0.173. The topological polar surface area (TPSA) is 60.8 Å². The molecule has 1 aliphatic rings. The van der Waals surface area contributed by atoms with E-state index in [4.69, 9.17) is 25.8 Å². The number of pyridine rings is 1. The number of nitrogens with zero attached hydrogens (tertiary/aromatic N) is 1. The van der Waals surface area contributed by atoms with E-state index in [0.29, 0.717) is 40.0 Å². The van der Waals surface area contributed by atoms with Gasteiger partial charge in [0.2, 0.25) is 6.79 Å². The average Bonchev–Trinajstić information content (AvgIpc) is 2.96. The van der Waals surface area contributed by atoms with Gasteiger partial charge in [0, 0.05) is 11.8 Å². The molecule has 6 heteroatoms. The van der Waals surface area contributed by atoms with Crippen LogP contribution < -0.4 is 14.2 Å². The molecule has 21 heavy (non-hydrogen) atoms. The van der Waals surface area contributed by atoms with Gasteiger partial charge in [0.1, 0.15) is 11.9 Å². The van der Waals surface area contributed by atoms with Crippen LogP contribution in [0.3, 0.4) is 0 Å². The molecule has 1 aromatic heterocycles. The van der Waals surface area contributed by atoms with Gasteiger partial charge >= 0.3 is 0 Å². The Kier molecular flexibility index (Phi) is 3.86. The van der Waals surface area contributed by atoms with Gasteiger partial charge in [0.05, 0.1) is 17.8 Å². The van der Waals surface area contributed by atoms with Crippen LogP contribution in [0.15, 0.2) is 30.6 Å². The van der Waals surface area contributed by atoms with E-state index in [2.05, 4.69) is 4.98 Å². The summed E-state index contributed by atoms with van der Waals surface area (Å²) in [7, 11) is 0. The van der Waals surface area contributed by atoms with Gasteiger partial charge in [0.25, 0.3) is 0 Å². The number of hydrogen-bond donors (Lipinski definition) is 1. The van der Waals surface area contributed by atoms with Gasteiger partial charge < -0.3 is 19.3 Å². The van der Waals surface area contributed by atoms with Crippen LogP contribution in [0.2, 0.25) is 5.02 Å². The SMILES string of the molecule is CCOc1cncc(C(O)c2cc(Cl)c3c(c2)OCO3)c1. The molecule has 2 aromatic rings. The maximum Gasteiger partial charge on any atom is 0.231 e. The largest absolute Gasteiger partial charge is 0.492 e. The summed E-state index contributed by atoms with van der Waals surface area (Å²) in [5.74, 6) is 1.65. The molecule has 0 bridgehead atoms. The molecule has 110 valence electrons. The minimum Gasteiger partial charge on any atom is -0.492 e. The van der Waals surface area contributed by atoms with Crippen LogP contribution in [0.25, 0.3) is 0 Å². The summed E-state index contributed by atoms with van der Waals surface area (Å²) in [6.07, 6.45) is 2.32. The van der Waals surface area contributed by atoms with Crippen LogP contribution in [-0.2, 0) is 0 Å². The standard InChI is InChI=1S/C15H14ClNO4/c1-2-19-11-3-10(6-17-7-11)14(18)9-4-12(16)15-13(5-9)20-8-21-15/h3-7,14,18H,2,8H2,1H3. The van der Waals surface area contributed by atoms with Crippen molar-refractivity contribution in [3.63, 3.8) is 0 Å². The molecule has 1 aromatic carbocycles. The molecule has 0 aliphatic carbocycles. The molecule has 0 spiro atoms. The first-order valence-corrected chi connectivity index (χ1v) is 6.91. The van der Waals surface area contributed by atoms with Crippen LogP contribution in [0.5, 0.6) is 17.2 Å². The zero-order chi connectivity index (χ0) is 14.8. The van der Waals surface area contributed by atoms with E-state index in [-0.39, 0.29) is 6.79 Å². The number of ether oxygens (including phenoxy) is 3.